The number of hydrogen-bond donors (Lipinski definition) is 0. The summed E-state index contributed by atoms with van der Waals surface area (Å²) in [5, 5.41) is 0. The fraction of sp³-hybridized carbons (Fsp3) is 0.294. The van der Waals surface area contributed by atoms with Crippen molar-refractivity contribution in [3.05, 3.63) is 143 Å². The normalized spacial score (nSPS) is 11.1. The topological polar surface area (TPSA) is 0 Å². The molecule has 0 bridgehead atoms. The smallest absolute Gasteiger partial charge is 0.126 e. The molecule has 0 atom stereocenters. The number of hydrogen-bond acceptors (Lipinski definition) is 0. The first-order valence-electron chi connectivity index (χ1n) is 13.0. The second kappa shape index (κ2) is 14.9. The summed E-state index contributed by atoms with van der Waals surface area (Å²) in [6.45, 7) is 7.56. The molecule has 0 unspecified atom stereocenters. The van der Waals surface area contributed by atoms with Crippen molar-refractivity contribution in [1.29, 1.82) is 0 Å². The van der Waals surface area contributed by atoms with Crippen molar-refractivity contribution in [2.45, 2.75) is 64.2 Å². The third-order valence-electron chi connectivity index (χ3n) is 6.48. The highest BCUT2D eigenvalue weighted by Gasteiger charge is 2.03. The van der Waals surface area contributed by atoms with Crippen LogP contribution in [0.2, 0.25) is 0 Å². The van der Waals surface area contributed by atoms with Crippen LogP contribution in [0.5, 0.6) is 0 Å². The minimum absolute atomic E-state index is 0.0890. The van der Waals surface area contributed by atoms with Gasteiger partial charge in [-0.15, -0.1) is 13.2 Å². The molecule has 0 aliphatic carbocycles. The van der Waals surface area contributed by atoms with E-state index in [0.717, 1.165) is 68.9 Å². The lowest BCUT2D eigenvalue weighted by molar-refractivity contribution is 0.610. The van der Waals surface area contributed by atoms with E-state index in [9.17, 15) is 4.39 Å². The molecule has 0 N–H and O–H groups in total. The number of halogens is 1. The van der Waals surface area contributed by atoms with E-state index in [1.807, 2.05) is 18.2 Å². The average molecular weight is 467 g/mol. The van der Waals surface area contributed by atoms with Crippen molar-refractivity contribution < 1.29 is 4.39 Å². The quantitative estimate of drug-likeness (QED) is 0.155. The Morgan fingerprint density at radius 2 is 1.00 bits per heavy atom. The van der Waals surface area contributed by atoms with Crippen LogP contribution in [0.1, 0.15) is 59.1 Å². The van der Waals surface area contributed by atoms with Crippen LogP contribution in [0, 0.1) is 5.82 Å². The van der Waals surface area contributed by atoms with E-state index < -0.39 is 0 Å². The minimum atomic E-state index is -0.0890. The molecule has 3 aromatic carbocycles. The monoisotopic (exact) mass is 466 g/mol. The Kier molecular flexibility index (Phi) is 11.3. The fourth-order valence-electron chi connectivity index (χ4n) is 4.25. The van der Waals surface area contributed by atoms with Gasteiger partial charge in [0.25, 0.3) is 0 Å². The van der Waals surface area contributed by atoms with E-state index in [4.69, 9.17) is 0 Å². The molecule has 3 rings (SSSR count). The Hall–Kier alpha value is -3.19. The van der Waals surface area contributed by atoms with Gasteiger partial charge in [-0.2, -0.15) is 0 Å². The molecule has 0 fully saturated rings. The summed E-state index contributed by atoms with van der Waals surface area (Å²) in [4.78, 5) is 0. The third-order valence-corrected chi connectivity index (χ3v) is 6.48. The second-order valence-electron chi connectivity index (χ2n) is 9.30. The van der Waals surface area contributed by atoms with Crippen LogP contribution in [-0.2, 0) is 38.5 Å². The molecule has 0 aromatic heterocycles. The summed E-state index contributed by atoms with van der Waals surface area (Å²) in [6.07, 6.45) is 18.0. The Morgan fingerprint density at radius 1 is 0.543 bits per heavy atom. The molecular weight excluding hydrogens is 427 g/mol. The van der Waals surface area contributed by atoms with Gasteiger partial charge >= 0.3 is 0 Å². The highest BCUT2D eigenvalue weighted by molar-refractivity contribution is 5.28. The Balaban J connectivity index is 1.38. The van der Waals surface area contributed by atoms with Crippen LogP contribution < -0.4 is 0 Å². The molecule has 35 heavy (non-hydrogen) atoms. The molecule has 0 aliphatic heterocycles. The summed E-state index contributed by atoms with van der Waals surface area (Å²) >= 11 is 0. The highest BCUT2D eigenvalue weighted by Crippen LogP contribution is 2.16. The average Bonchev–Trinajstić information content (AvgIpc) is 2.89. The maximum absolute atomic E-state index is 14.6. The van der Waals surface area contributed by atoms with E-state index in [-0.39, 0.29) is 5.82 Å². The summed E-state index contributed by atoms with van der Waals surface area (Å²) in [6, 6.07) is 23.4. The third kappa shape index (κ3) is 9.53. The van der Waals surface area contributed by atoms with Gasteiger partial charge in [0.15, 0.2) is 0 Å². The molecular formula is C34H39F. The fourth-order valence-corrected chi connectivity index (χ4v) is 4.25. The van der Waals surface area contributed by atoms with Crippen LogP contribution in [0.15, 0.2) is 104 Å². The van der Waals surface area contributed by atoms with Gasteiger partial charge in [0, 0.05) is 0 Å². The Bertz CT molecular complexity index is 1070. The zero-order valence-electron chi connectivity index (χ0n) is 21.0. The standard InChI is InChI=1S/C34H39F/c1-3-5-11-28-17-21-30(22-18-28)13-7-8-15-32-25-26-33(34(35)27-32)16-10-9-14-31-23-19-29(20-24-31)12-6-4-2/h3-4,9-10,17-27H,1-2,5-8,11-16H2/b10-9+. The minimum Gasteiger partial charge on any atom is -0.207 e. The van der Waals surface area contributed by atoms with E-state index >= 15 is 0 Å². The highest BCUT2D eigenvalue weighted by atomic mass is 19.1. The van der Waals surface area contributed by atoms with Gasteiger partial charge in [0.1, 0.15) is 5.82 Å². The van der Waals surface area contributed by atoms with Gasteiger partial charge in [-0.25, -0.2) is 4.39 Å². The molecule has 0 heterocycles. The van der Waals surface area contributed by atoms with E-state index in [1.54, 1.807) is 6.07 Å². The number of aryl methyl sites for hydroxylation is 4. The maximum atomic E-state index is 14.6. The molecule has 0 amide bonds. The SMILES string of the molecule is C=CCCc1ccc(C/C=C/Cc2ccc(CCCCc3ccc(CCC=C)cc3)cc2F)cc1. The first-order chi connectivity index (χ1) is 17.2. The van der Waals surface area contributed by atoms with Crippen molar-refractivity contribution >= 4 is 0 Å². The molecule has 1 heteroatoms. The van der Waals surface area contributed by atoms with Crippen molar-refractivity contribution in [2.24, 2.45) is 0 Å². The molecule has 3 aromatic rings. The molecule has 0 saturated carbocycles. The number of benzene rings is 3. The predicted molar refractivity (Wildman–Crippen MR) is 150 cm³/mol. The summed E-state index contributed by atoms with van der Waals surface area (Å²) in [5.74, 6) is -0.0890. The molecule has 0 nitrogen and oxygen atoms in total. The molecule has 0 radical (unpaired) electrons. The summed E-state index contributed by atoms with van der Waals surface area (Å²) in [5.41, 5.74) is 7.22. The first-order valence-corrected chi connectivity index (χ1v) is 13.0. The van der Waals surface area contributed by atoms with Crippen LogP contribution in [-0.4, -0.2) is 0 Å². The lowest BCUT2D eigenvalue weighted by Crippen LogP contribution is -1.94. The zero-order chi connectivity index (χ0) is 24.7. The van der Waals surface area contributed by atoms with Crippen LogP contribution in [0.3, 0.4) is 0 Å². The molecule has 0 saturated heterocycles. The zero-order valence-corrected chi connectivity index (χ0v) is 21.0. The number of unbranched alkanes of at least 4 members (excludes halogenated alkanes) is 1. The van der Waals surface area contributed by atoms with Crippen molar-refractivity contribution in [3.8, 4) is 0 Å². The molecule has 182 valence electrons. The van der Waals surface area contributed by atoms with E-state index in [1.165, 1.54) is 22.3 Å². The first kappa shape index (κ1) is 26.4. The largest absolute Gasteiger partial charge is 0.207 e. The lowest BCUT2D eigenvalue weighted by atomic mass is 10.0. The van der Waals surface area contributed by atoms with Crippen LogP contribution >= 0.6 is 0 Å². The van der Waals surface area contributed by atoms with E-state index in [0.29, 0.717) is 6.42 Å². The van der Waals surface area contributed by atoms with Crippen molar-refractivity contribution in [3.63, 3.8) is 0 Å². The Morgan fingerprint density at radius 3 is 1.54 bits per heavy atom. The van der Waals surface area contributed by atoms with Gasteiger partial charge in [-0.1, -0.05) is 85.0 Å². The van der Waals surface area contributed by atoms with Gasteiger partial charge in [0.05, 0.1) is 0 Å². The maximum Gasteiger partial charge on any atom is 0.126 e. The number of rotatable bonds is 15. The van der Waals surface area contributed by atoms with Gasteiger partial charge < -0.3 is 0 Å². The van der Waals surface area contributed by atoms with Crippen molar-refractivity contribution in [2.75, 3.05) is 0 Å². The second-order valence-corrected chi connectivity index (χ2v) is 9.30. The molecule has 0 aliphatic rings. The van der Waals surface area contributed by atoms with Gasteiger partial charge in [-0.05, 0) is 104 Å². The van der Waals surface area contributed by atoms with Crippen LogP contribution in [0.4, 0.5) is 4.39 Å². The number of allylic oxidation sites excluding steroid dienone is 4. The summed E-state index contributed by atoms with van der Waals surface area (Å²) in [7, 11) is 0. The van der Waals surface area contributed by atoms with Gasteiger partial charge in [0.2, 0.25) is 0 Å². The van der Waals surface area contributed by atoms with Crippen LogP contribution in [0.25, 0.3) is 0 Å². The van der Waals surface area contributed by atoms with E-state index in [2.05, 4.69) is 79.9 Å². The molecule has 0 spiro atoms. The predicted octanol–water partition coefficient (Wildman–Crippen LogP) is 8.97. The Labute approximate surface area is 211 Å². The summed E-state index contributed by atoms with van der Waals surface area (Å²) < 4.78 is 14.6. The van der Waals surface area contributed by atoms with Gasteiger partial charge in [-0.3, -0.25) is 0 Å². The lowest BCUT2D eigenvalue weighted by Gasteiger charge is -2.06. The van der Waals surface area contributed by atoms with Crippen molar-refractivity contribution in [1.82, 2.24) is 0 Å².